The molecule has 1 heterocycles. The zero-order valence-corrected chi connectivity index (χ0v) is 11.3. The van der Waals surface area contributed by atoms with Crippen LogP contribution in [-0.2, 0) is 6.42 Å². The minimum atomic E-state index is 0.0124. The van der Waals surface area contributed by atoms with E-state index in [9.17, 15) is 0 Å². The molecule has 3 heteroatoms. The predicted molar refractivity (Wildman–Crippen MR) is 74.7 cm³/mol. The quantitative estimate of drug-likeness (QED) is 0.896. The van der Waals surface area contributed by atoms with Crippen molar-refractivity contribution in [1.82, 2.24) is 9.55 Å². The van der Waals surface area contributed by atoms with Crippen molar-refractivity contribution in [2.24, 2.45) is 11.7 Å². The van der Waals surface area contributed by atoms with Crippen LogP contribution in [0.3, 0.4) is 0 Å². The summed E-state index contributed by atoms with van der Waals surface area (Å²) in [7, 11) is 0. The van der Waals surface area contributed by atoms with E-state index in [0.29, 0.717) is 5.92 Å². The topological polar surface area (TPSA) is 43.8 Å². The van der Waals surface area contributed by atoms with Crippen LogP contribution >= 0.6 is 0 Å². The lowest BCUT2D eigenvalue weighted by Crippen LogP contribution is -2.19. The van der Waals surface area contributed by atoms with Crippen LogP contribution in [0, 0.1) is 5.92 Å². The number of nitrogens with two attached hydrogens (primary N) is 1. The monoisotopic (exact) mass is 243 g/mol. The van der Waals surface area contributed by atoms with E-state index in [-0.39, 0.29) is 6.04 Å². The zero-order valence-electron chi connectivity index (χ0n) is 11.3. The van der Waals surface area contributed by atoms with Crippen molar-refractivity contribution in [3.8, 4) is 5.69 Å². The molecule has 2 aromatic rings. The lowest BCUT2D eigenvalue weighted by atomic mass is 10.0. The van der Waals surface area contributed by atoms with Gasteiger partial charge in [0.25, 0.3) is 0 Å². The number of hydrogen-bond donors (Lipinski definition) is 1. The molecule has 3 nitrogen and oxygen atoms in total. The first-order valence-electron chi connectivity index (χ1n) is 6.50. The second-order valence-electron chi connectivity index (χ2n) is 4.98. The highest BCUT2D eigenvalue weighted by Gasteiger charge is 2.15. The van der Waals surface area contributed by atoms with Crippen LogP contribution in [0.25, 0.3) is 5.69 Å². The molecular formula is C15H21N3. The number of hydrogen-bond acceptors (Lipinski definition) is 2. The molecule has 0 amide bonds. The molecule has 1 unspecified atom stereocenters. The number of imidazole rings is 1. The number of nitrogens with zero attached hydrogens (tertiary/aromatic N) is 2. The van der Waals surface area contributed by atoms with Crippen molar-refractivity contribution in [1.29, 1.82) is 0 Å². The highest BCUT2D eigenvalue weighted by atomic mass is 15.1. The molecule has 1 aromatic carbocycles. The Morgan fingerprint density at radius 3 is 2.44 bits per heavy atom. The first kappa shape index (κ1) is 12.8. The van der Waals surface area contributed by atoms with Gasteiger partial charge in [-0.1, -0.05) is 32.9 Å². The Balaban J connectivity index is 2.35. The normalized spacial score (nSPS) is 12.9. The Bertz CT molecular complexity index is 497. The van der Waals surface area contributed by atoms with Crippen LogP contribution in [0.5, 0.6) is 0 Å². The average Bonchev–Trinajstić information content (AvgIpc) is 2.87. The van der Waals surface area contributed by atoms with E-state index in [1.165, 1.54) is 5.56 Å². The third-order valence-corrected chi connectivity index (χ3v) is 3.35. The van der Waals surface area contributed by atoms with Gasteiger partial charge in [0.1, 0.15) is 0 Å². The molecule has 0 fully saturated rings. The first-order chi connectivity index (χ1) is 8.63. The summed E-state index contributed by atoms with van der Waals surface area (Å²) in [5.41, 5.74) is 9.74. The summed E-state index contributed by atoms with van der Waals surface area (Å²) < 4.78 is 2.07. The number of aryl methyl sites for hydroxylation is 1. The predicted octanol–water partition coefficient (Wildman–Crippen LogP) is 3.09. The van der Waals surface area contributed by atoms with Gasteiger partial charge in [0.2, 0.25) is 0 Å². The van der Waals surface area contributed by atoms with E-state index in [0.717, 1.165) is 17.8 Å². The van der Waals surface area contributed by atoms with Gasteiger partial charge in [0.15, 0.2) is 0 Å². The molecule has 0 aliphatic rings. The summed E-state index contributed by atoms with van der Waals surface area (Å²) in [6.45, 7) is 6.41. The number of benzene rings is 1. The molecule has 96 valence electrons. The smallest absolute Gasteiger partial charge is 0.0994 e. The lowest BCUT2D eigenvalue weighted by Gasteiger charge is -2.18. The van der Waals surface area contributed by atoms with Crippen LogP contribution in [-0.4, -0.2) is 9.55 Å². The van der Waals surface area contributed by atoms with Gasteiger partial charge in [-0.25, -0.2) is 4.98 Å². The van der Waals surface area contributed by atoms with Gasteiger partial charge < -0.3 is 10.3 Å². The SMILES string of the molecule is CCc1ccc(-n2cncc2C(N)C(C)C)cc1. The Morgan fingerprint density at radius 1 is 1.22 bits per heavy atom. The fraction of sp³-hybridized carbons (Fsp3) is 0.400. The first-order valence-corrected chi connectivity index (χ1v) is 6.50. The second kappa shape index (κ2) is 5.36. The van der Waals surface area contributed by atoms with Crippen LogP contribution in [0.4, 0.5) is 0 Å². The lowest BCUT2D eigenvalue weighted by molar-refractivity contribution is 0.497. The van der Waals surface area contributed by atoms with Crippen molar-refractivity contribution in [3.63, 3.8) is 0 Å². The maximum absolute atomic E-state index is 6.22. The molecule has 0 saturated heterocycles. The Hall–Kier alpha value is -1.61. The van der Waals surface area contributed by atoms with Crippen molar-refractivity contribution in [3.05, 3.63) is 48.0 Å². The van der Waals surface area contributed by atoms with Gasteiger partial charge in [-0.3, -0.25) is 0 Å². The Kier molecular flexibility index (Phi) is 3.82. The molecule has 0 spiro atoms. The minimum Gasteiger partial charge on any atom is -0.322 e. The fourth-order valence-electron chi connectivity index (χ4n) is 2.00. The third-order valence-electron chi connectivity index (χ3n) is 3.35. The van der Waals surface area contributed by atoms with Gasteiger partial charge >= 0.3 is 0 Å². The van der Waals surface area contributed by atoms with E-state index >= 15 is 0 Å². The van der Waals surface area contributed by atoms with Gasteiger partial charge in [-0.15, -0.1) is 0 Å². The van der Waals surface area contributed by atoms with Crippen LogP contribution in [0.2, 0.25) is 0 Å². The van der Waals surface area contributed by atoms with Crippen LogP contribution < -0.4 is 5.73 Å². The molecule has 1 aromatic heterocycles. The molecule has 0 bridgehead atoms. The molecule has 1 atom stereocenters. The molecular weight excluding hydrogens is 222 g/mol. The molecule has 0 aliphatic heterocycles. The van der Waals surface area contributed by atoms with Gasteiger partial charge in [0.05, 0.1) is 18.2 Å². The third kappa shape index (κ3) is 2.46. The molecule has 0 saturated carbocycles. The second-order valence-corrected chi connectivity index (χ2v) is 4.98. The summed E-state index contributed by atoms with van der Waals surface area (Å²) in [4.78, 5) is 4.23. The Labute approximate surface area is 109 Å². The van der Waals surface area contributed by atoms with E-state index in [4.69, 9.17) is 5.73 Å². The average molecular weight is 243 g/mol. The minimum absolute atomic E-state index is 0.0124. The highest BCUT2D eigenvalue weighted by molar-refractivity contribution is 5.36. The van der Waals surface area contributed by atoms with Crippen LogP contribution in [0.15, 0.2) is 36.8 Å². The molecule has 0 radical (unpaired) electrons. The largest absolute Gasteiger partial charge is 0.322 e. The summed E-state index contributed by atoms with van der Waals surface area (Å²) in [6, 6.07) is 8.56. The van der Waals surface area contributed by atoms with Gasteiger partial charge in [0, 0.05) is 11.7 Å². The van der Waals surface area contributed by atoms with Crippen molar-refractivity contribution < 1.29 is 0 Å². The maximum Gasteiger partial charge on any atom is 0.0994 e. The van der Waals surface area contributed by atoms with E-state index in [1.54, 1.807) is 0 Å². The number of rotatable bonds is 4. The summed E-state index contributed by atoms with van der Waals surface area (Å²) in [6.07, 6.45) is 4.75. The van der Waals surface area contributed by atoms with E-state index in [2.05, 4.69) is 54.6 Å². The molecule has 2 rings (SSSR count). The van der Waals surface area contributed by atoms with Gasteiger partial charge in [-0.05, 0) is 30.0 Å². The maximum atomic E-state index is 6.22. The van der Waals surface area contributed by atoms with Crippen molar-refractivity contribution in [2.45, 2.75) is 33.2 Å². The summed E-state index contributed by atoms with van der Waals surface area (Å²) in [5, 5.41) is 0. The van der Waals surface area contributed by atoms with Crippen molar-refractivity contribution >= 4 is 0 Å². The van der Waals surface area contributed by atoms with E-state index in [1.807, 2.05) is 12.5 Å². The number of aromatic nitrogens is 2. The highest BCUT2D eigenvalue weighted by Crippen LogP contribution is 2.22. The standard InChI is InChI=1S/C15H21N3/c1-4-12-5-7-13(8-6-12)18-10-17-9-14(18)15(16)11(2)3/h5-11,15H,4,16H2,1-3H3. The zero-order chi connectivity index (χ0) is 13.1. The van der Waals surface area contributed by atoms with Crippen molar-refractivity contribution in [2.75, 3.05) is 0 Å². The molecule has 2 N–H and O–H groups in total. The van der Waals surface area contributed by atoms with Crippen LogP contribution in [0.1, 0.15) is 38.1 Å². The molecule has 0 aliphatic carbocycles. The fourth-order valence-corrected chi connectivity index (χ4v) is 2.00. The van der Waals surface area contributed by atoms with E-state index < -0.39 is 0 Å². The van der Waals surface area contributed by atoms with Gasteiger partial charge in [-0.2, -0.15) is 0 Å². The molecule has 18 heavy (non-hydrogen) atoms. The summed E-state index contributed by atoms with van der Waals surface area (Å²) >= 11 is 0. The summed E-state index contributed by atoms with van der Waals surface area (Å²) in [5.74, 6) is 0.398. The Morgan fingerprint density at radius 2 is 1.89 bits per heavy atom.